The Morgan fingerprint density at radius 3 is 2.68 bits per heavy atom. The van der Waals surface area contributed by atoms with E-state index < -0.39 is 12.0 Å². The number of fused-ring (bicyclic) bond motifs is 2. The summed E-state index contributed by atoms with van der Waals surface area (Å²) in [7, 11) is 0. The molecule has 2 unspecified atom stereocenters. The second-order valence-electron chi connectivity index (χ2n) is 6.40. The van der Waals surface area contributed by atoms with E-state index in [1.807, 2.05) is 13.8 Å². The minimum absolute atomic E-state index is 0.0530. The maximum absolute atomic E-state index is 12.5. The molecule has 1 amide bonds. The molecule has 108 valence electrons. The van der Waals surface area contributed by atoms with Crippen LogP contribution in [-0.2, 0) is 9.59 Å². The van der Waals surface area contributed by atoms with E-state index in [1.165, 1.54) is 0 Å². The molecule has 2 aliphatic heterocycles. The van der Waals surface area contributed by atoms with Gasteiger partial charge in [0.15, 0.2) is 0 Å². The first kappa shape index (κ1) is 14.3. The SMILES string of the molecule is CC(C)C[C@H](NC(=O)C12CCCN(CC1)C2)C(=O)O. The van der Waals surface area contributed by atoms with Crippen molar-refractivity contribution in [2.75, 3.05) is 19.6 Å². The monoisotopic (exact) mass is 268 g/mol. The number of nitrogens with zero attached hydrogens (tertiary/aromatic N) is 1. The van der Waals surface area contributed by atoms with E-state index in [0.29, 0.717) is 6.42 Å². The van der Waals surface area contributed by atoms with Crippen molar-refractivity contribution in [2.24, 2.45) is 11.3 Å². The first-order valence-electron chi connectivity index (χ1n) is 7.19. The highest BCUT2D eigenvalue weighted by Gasteiger charge is 2.47. The van der Waals surface area contributed by atoms with Crippen molar-refractivity contribution in [3.63, 3.8) is 0 Å². The van der Waals surface area contributed by atoms with Crippen LogP contribution in [0.15, 0.2) is 0 Å². The first-order chi connectivity index (χ1) is 8.93. The van der Waals surface area contributed by atoms with Crippen molar-refractivity contribution < 1.29 is 14.7 Å². The lowest BCUT2D eigenvalue weighted by Crippen LogP contribution is -2.51. The Morgan fingerprint density at radius 1 is 1.32 bits per heavy atom. The van der Waals surface area contributed by atoms with E-state index in [4.69, 9.17) is 0 Å². The zero-order valence-corrected chi connectivity index (χ0v) is 11.8. The van der Waals surface area contributed by atoms with Crippen LogP contribution in [0.25, 0.3) is 0 Å². The molecule has 0 saturated carbocycles. The quantitative estimate of drug-likeness (QED) is 0.783. The Labute approximate surface area is 114 Å². The van der Waals surface area contributed by atoms with Gasteiger partial charge >= 0.3 is 5.97 Å². The van der Waals surface area contributed by atoms with Crippen molar-refractivity contribution in [2.45, 2.75) is 45.6 Å². The number of nitrogens with one attached hydrogen (secondary N) is 1. The third kappa shape index (κ3) is 3.08. The van der Waals surface area contributed by atoms with Gasteiger partial charge in [-0.2, -0.15) is 0 Å². The molecule has 0 aromatic carbocycles. The van der Waals surface area contributed by atoms with Crippen molar-refractivity contribution >= 4 is 11.9 Å². The summed E-state index contributed by atoms with van der Waals surface area (Å²) in [6.45, 7) is 6.78. The van der Waals surface area contributed by atoms with Crippen molar-refractivity contribution in [3.8, 4) is 0 Å². The van der Waals surface area contributed by atoms with Crippen LogP contribution in [0.5, 0.6) is 0 Å². The van der Waals surface area contributed by atoms with Gasteiger partial charge < -0.3 is 15.3 Å². The molecule has 2 heterocycles. The van der Waals surface area contributed by atoms with Crippen LogP contribution in [0.1, 0.15) is 39.5 Å². The second kappa shape index (κ2) is 5.49. The number of carbonyl (C=O) groups excluding carboxylic acids is 1. The molecule has 5 heteroatoms. The van der Waals surface area contributed by atoms with Crippen LogP contribution in [-0.4, -0.2) is 47.6 Å². The van der Waals surface area contributed by atoms with Gasteiger partial charge in [-0.3, -0.25) is 4.79 Å². The maximum Gasteiger partial charge on any atom is 0.326 e. The molecule has 0 aliphatic carbocycles. The fraction of sp³-hybridized carbons (Fsp3) is 0.857. The standard InChI is InChI=1S/C14H24N2O3/c1-10(2)8-11(12(17)18)15-13(19)14-4-3-6-16(9-14)7-5-14/h10-11H,3-9H2,1-2H3,(H,15,19)(H,17,18)/t11-,14?/m0/s1. The molecule has 19 heavy (non-hydrogen) atoms. The van der Waals surface area contributed by atoms with E-state index in [9.17, 15) is 14.7 Å². The molecule has 2 bridgehead atoms. The number of hydrogen-bond donors (Lipinski definition) is 2. The summed E-state index contributed by atoms with van der Waals surface area (Å²) >= 11 is 0. The van der Waals surface area contributed by atoms with E-state index in [1.54, 1.807) is 0 Å². The summed E-state index contributed by atoms with van der Waals surface area (Å²) in [6.07, 6.45) is 3.28. The van der Waals surface area contributed by atoms with Gasteiger partial charge in [-0.25, -0.2) is 4.79 Å². The lowest BCUT2D eigenvalue weighted by Gasteiger charge is -2.33. The Balaban J connectivity index is 2.01. The summed E-state index contributed by atoms with van der Waals surface area (Å²) in [5, 5.41) is 12.0. The summed E-state index contributed by atoms with van der Waals surface area (Å²) in [6, 6.07) is -0.752. The summed E-state index contributed by atoms with van der Waals surface area (Å²) < 4.78 is 0. The highest BCUT2D eigenvalue weighted by atomic mass is 16.4. The molecule has 3 atom stereocenters. The first-order valence-corrected chi connectivity index (χ1v) is 7.19. The molecular formula is C14H24N2O3. The zero-order valence-electron chi connectivity index (χ0n) is 11.8. The van der Waals surface area contributed by atoms with Gasteiger partial charge in [0.2, 0.25) is 5.91 Å². The number of carboxylic acid groups (broad SMARTS) is 1. The van der Waals surface area contributed by atoms with Gasteiger partial charge in [0.05, 0.1) is 5.41 Å². The van der Waals surface area contributed by atoms with E-state index in [2.05, 4.69) is 10.2 Å². The second-order valence-corrected chi connectivity index (χ2v) is 6.40. The Kier molecular flexibility index (Phi) is 4.13. The lowest BCUT2D eigenvalue weighted by atomic mass is 9.80. The van der Waals surface area contributed by atoms with Crippen LogP contribution in [0, 0.1) is 11.3 Å². The van der Waals surface area contributed by atoms with Crippen LogP contribution < -0.4 is 5.32 Å². The third-order valence-corrected chi connectivity index (χ3v) is 4.35. The minimum atomic E-state index is -0.927. The Hall–Kier alpha value is -1.10. The van der Waals surface area contributed by atoms with Crippen LogP contribution >= 0.6 is 0 Å². The molecule has 2 fully saturated rings. The summed E-state index contributed by atoms with van der Waals surface area (Å²) in [5.74, 6) is -0.725. The molecule has 2 saturated heterocycles. The highest BCUT2D eigenvalue weighted by Crippen LogP contribution is 2.39. The van der Waals surface area contributed by atoms with E-state index >= 15 is 0 Å². The Bertz CT molecular complexity index is 366. The highest BCUT2D eigenvalue weighted by molar-refractivity contribution is 5.88. The number of carbonyl (C=O) groups is 2. The predicted octanol–water partition coefficient (Wildman–Crippen LogP) is 1.09. The third-order valence-electron chi connectivity index (χ3n) is 4.35. The van der Waals surface area contributed by atoms with Crippen molar-refractivity contribution in [1.82, 2.24) is 10.2 Å². The number of amides is 1. The maximum atomic E-state index is 12.5. The van der Waals surface area contributed by atoms with Crippen LogP contribution in [0.4, 0.5) is 0 Å². The average molecular weight is 268 g/mol. The lowest BCUT2D eigenvalue weighted by molar-refractivity contribution is -0.144. The number of piperidine rings is 1. The van der Waals surface area contributed by atoms with Gasteiger partial charge in [-0.1, -0.05) is 13.8 Å². The molecule has 0 spiro atoms. The smallest absolute Gasteiger partial charge is 0.326 e. The summed E-state index contributed by atoms with van der Waals surface area (Å²) in [4.78, 5) is 26.0. The largest absolute Gasteiger partial charge is 0.480 e. The molecule has 2 N–H and O–H groups in total. The van der Waals surface area contributed by atoms with Gasteiger partial charge in [0, 0.05) is 6.54 Å². The summed E-state index contributed by atoms with van der Waals surface area (Å²) in [5.41, 5.74) is -0.330. The fourth-order valence-corrected chi connectivity index (χ4v) is 3.30. The van der Waals surface area contributed by atoms with Gasteiger partial charge in [0.25, 0.3) is 0 Å². The normalized spacial score (nSPS) is 31.2. The molecular weight excluding hydrogens is 244 g/mol. The van der Waals surface area contributed by atoms with E-state index in [0.717, 1.165) is 38.9 Å². The molecule has 0 radical (unpaired) electrons. The molecule has 5 nitrogen and oxygen atoms in total. The van der Waals surface area contributed by atoms with Gasteiger partial charge in [-0.05, 0) is 44.7 Å². The molecule has 0 aromatic rings. The van der Waals surface area contributed by atoms with Crippen LogP contribution in [0.2, 0.25) is 0 Å². The van der Waals surface area contributed by atoms with Gasteiger partial charge in [0.1, 0.15) is 6.04 Å². The molecule has 2 rings (SSSR count). The minimum Gasteiger partial charge on any atom is -0.480 e. The Morgan fingerprint density at radius 2 is 2.05 bits per heavy atom. The number of rotatable bonds is 5. The fourth-order valence-electron chi connectivity index (χ4n) is 3.30. The van der Waals surface area contributed by atoms with Crippen molar-refractivity contribution in [1.29, 1.82) is 0 Å². The van der Waals surface area contributed by atoms with Crippen molar-refractivity contribution in [3.05, 3.63) is 0 Å². The molecule has 0 aromatic heterocycles. The number of carboxylic acids is 1. The average Bonchev–Trinajstić information content (AvgIpc) is 2.64. The topological polar surface area (TPSA) is 69.6 Å². The number of hydrogen-bond acceptors (Lipinski definition) is 3. The zero-order chi connectivity index (χ0) is 14.0. The number of aliphatic carboxylic acids is 1. The van der Waals surface area contributed by atoms with Crippen LogP contribution in [0.3, 0.4) is 0 Å². The molecule has 2 aliphatic rings. The predicted molar refractivity (Wildman–Crippen MR) is 71.7 cm³/mol. The van der Waals surface area contributed by atoms with E-state index in [-0.39, 0.29) is 17.2 Å². The van der Waals surface area contributed by atoms with Gasteiger partial charge in [-0.15, -0.1) is 0 Å².